The largest absolute Gasteiger partial charge is 0.462 e. The Morgan fingerprint density at radius 1 is 0.970 bits per heavy atom. The number of fused-ring (bicyclic) bond motifs is 4. The Bertz CT molecular complexity index is 808. The van der Waals surface area contributed by atoms with E-state index in [0.717, 1.165) is 56.3 Å². The first kappa shape index (κ1) is 25.0. The fourth-order valence-electron chi connectivity index (χ4n) is 7.72. The molecule has 0 amide bonds. The first-order valence-corrected chi connectivity index (χ1v) is 14.4. The van der Waals surface area contributed by atoms with Gasteiger partial charge in [0.1, 0.15) is 0 Å². The minimum atomic E-state index is -4.93. The zero-order chi connectivity index (χ0) is 23.8. The number of ether oxygens (including phenoxy) is 2. The molecule has 0 heterocycles. The molecule has 0 aromatic carbocycles. The Labute approximate surface area is 198 Å². The summed E-state index contributed by atoms with van der Waals surface area (Å²) in [5.74, 6) is 1.62. The van der Waals surface area contributed by atoms with Crippen molar-refractivity contribution in [2.75, 3.05) is 6.61 Å². The normalized spacial score (nSPS) is 39.4. The second-order valence-corrected chi connectivity index (χ2v) is 13.4. The number of rotatable bonds is 7. The Morgan fingerprint density at radius 3 is 2.12 bits per heavy atom. The minimum absolute atomic E-state index is 0.0729. The van der Waals surface area contributed by atoms with E-state index in [4.69, 9.17) is 9.47 Å². The van der Waals surface area contributed by atoms with Crippen LogP contribution in [0.2, 0.25) is 0 Å². The number of hydrogen-bond acceptors (Lipinski definition) is 6. The fourth-order valence-corrected chi connectivity index (χ4v) is 8.24. The van der Waals surface area contributed by atoms with Gasteiger partial charge >= 0.3 is 27.5 Å². The smallest absolute Gasteiger partial charge is 0.366 e. The topological polar surface area (TPSA) is 107 Å². The highest BCUT2D eigenvalue weighted by Gasteiger charge is 2.48. The van der Waals surface area contributed by atoms with Crippen LogP contribution < -0.4 is 0 Å². The third kappa shape index (κ3) is 6.11. The van der Waals surface area contributed by atoms with Gasteiger partial charge in [-0.1, -0.05) is 26.2 Å². The van der Waals surface area contributed by atoms with Gasteiger partial charge in [-0.2, -0.15) is 8.42 Å². The van der Waals surface area contributed by atoms with Crippen LogP contribution in [0.1, 0.15) is 90.9 Å². The number of carbonyl (C=O) groups excluding carboxylic acids is 2. The van der Waals surface area contributed by atoms with Gasteiger partial charge in [-0.25, -0.2) is 4.79 Å². The molecule has 0 saturated heterocycles. The van der Waals surface area contributed by atoms with Crippen molar-refractivity contribution in [3.63, 3.8) is 0 Å². The molecule has 5 unspecified atom stereocenters. The van der Waals surface area contributed by atoms with Gasteiger partial charge in [0.15, 0.2) is 0 Å². The monoisotopic (exact) mass is 484 g/mol. The zero-order valence-corrected chi connectivity index (χ0v) is 20.9. The molecule has 0 aromatic heterocycles. The zero-order valence-electron chi connectivity index (χ0n) is 20.0. The molecular weight excluding hydrogens is 444 g/mol. The summed E-state index contributed by atoms with van der Waals surface area (Å²) in [6.07, 6.45) is 12.3. The molecule has 4 aliphatic rings. The second-order valence-electron chi connectivity index (χ2n) is 12.0. The van der Waals surface area contributed by atoms with Gasteiger partial charge in [-0.3, -0.25) is 9.35 Å². The molecule has 1 N–H and O–H groups in total. The second kappa shape index (κ2) is 9.84. The maximum Gasteiger partial charge on any atom is 0.366 e. The maximum absolute atomic E-state index is 13.0. The van der Waals surface area contributed by atoms with Crippen molar-refractivity contribution in [3.8, 4) is 0 Å². The molecule has 0 radical (unpaired) electrons. The van der Waals surface area contributed by atoms with Crippen molar-refractivity contribution in [3.05, 3.63) is 0 Å². The highest BCUT2D eigenvalue weighted by atomic mass is 32.2. The molecule has 4 fully saturated rings. The van der Waals surface area contributed by atoms with Gasteiger partial charge in [0.05, 0.1) is 12.0 Å². The first-order valence-electron chi connectivity index (χ1n) is 12.9. The lowest BCUT2D eigenvalue weighted by Gasteiger charge is -2.43. The highest BCUT2D eigenvalue weighted by molar-refractivity contribution is 7.87. The van der Waals surface area contributed by atoms with E-state index in [1.165, 1.54) is 19.3 Å². The van der Waals surface area contributed by atoms with Gasteiger partial charge < -0.3 is 9.47 Å². The van der Waals surface area contributed by atoms with Crippen LogP contribution in [-0.2, 0) is 29.2 Å². The fraction of sp³-hybridized carbons (Fsp3) is 0.920. The summed E-state index contributed by atoms with van der Waals surface area (Å²) in [5.41, 5.74) is -3.15. The molecule has 188 valence electrons. The van der Waals surface area contributed by atoms with E-state index in [2.05, 4.69) is 6.92 Å². The third-order valence-electron chi connectivity index (χ3n) is 8.78. The molecule has 4 rings (SSSR count). The van der Waals surface area contributed by atoms with Gasteiger partial charge in [0, 0.05) is 0 Å². The van der Waals surface area contributed by atoms with Crippen LogP contribution in [0.3, 0.4) is 0 Å². The summed E-state index contributed by atoms with van der Waals surface area (Å²) >= 11 is 0. The third-order valence-corrected chi connectivity index (χ3v) is 9.61. The van der Waals surface area contributed by atoms with Crippen LogP contribution in [0.4, 0.5) is 0 Å². The molecule has 4 aliphatic carbocycles. The average molecular weight is 485 g/mol. The van der Waals surface area contributed by atoms with E-state index < -0.39 is 32.9 Å². The van der Waals surface area contributed by atoms with Crippen molar-refractivity contribution < 1.29 is 32.0 Å². The Morgan fingerprint density at radius 2 is 1.55 bits per heavy atom. The van der Waals surface area contributed by atoms with E-state index in [0.29, 0.717) is 37.0 Å². The van der Waals surface area contributed by atoms with Gasteiger partial charge in [-0.15, -0.1) is 0 Å². The predicted molar refractivity (Wildman–Crippen MR) is 123 cm³/mol. The Balaban J connectivity index is 1.31. The van der Waals surface area contributed by atoms with Gasteiger partial charge in [0.2, 0.25) is 0 Å². The number of hydrogen-bond donors (Lipinski definition) is 1. The van der Waals surface area contributed by atoms with Crippen LogP contribution in [0.25, 0.3) is 0 Å². The van der Waals surface area contributed by atoms with Crippen LogP contribution >= 0.6 is 0 Å². The number of esters is 2. The Kier molecular flexibility index (Phi) is 7.44. The predicted octanol–water partition coefficient (Wildman–Crippen LogP) is 4.75. The van der Waals surface area contributed by atoms with Crippen molar-refractivity contribution >= 4 is 22.1 Å². The first-order chi connectivity index (χ1) is 15.5. The highest BCUT2D eigenvalue weighted by Crippen LogP contribution is 2.49. The van der Waals surface area contributed by atoms with Gasteiger partial charge in [-0.05, 0) is 100 Å². The molecule has 5 atom stereocenters. The van der Waals surface area contributed by atoms with E-state index in [9.17, 15) is 22.6 Å². The number of carbonyl (C=O) groups is 2. The summed E-state index contributed by atoms with van der Waals surface area (Å²) in [5, 5.41) is 0. The molecule has 7 nitrogen and oxygen atoms in total. The lowest BCUT2D eigenvalue weighted by atomic mass is 9.61. The van der Waals surface area contributed by atoms with Gasteiger partial charge in [0.25, 0.3) is 0 Å². The summed E-state index contributed by atoms with van der Waals surface area (Å²) < 4.78 is 43.8. The van der Waals surface area contributed by atoms with Crippen LogP contribution in [-0.4, -0.2) is 37.0 Å². The van der Waals surface area contributed by atoms with Crippen LogP contribution in [0, 0.1) is 40.9 Å². The van der Waals surface area contributed by atoms with Crippen molar-refractivity contribution in [1.82, 2.24) is 0 Å². The van der Waals surface area contributed by atoms with E-state index in [-0.39, 0.29) is 6.61 Å². The summed E-state index contributed by atoms with van der Waals surface area (Å²) in [6, 6.07) is 0. The van der Waals surface area contributed by atoms with Crippen molar-refractivity contribution in [1.29, 1.82) is 0 Å². The molecule has 4 bridgehead atoms. The lowest BCUT2D eigenvalue weighted by molar-refractivity contribution is -0.172. The summed E-state index contributed by atoms with van der Waals surface area (Å²) in [6.45, 7) is 4.18. The molecule has 0 spiro atoms. The lowest BCUT2D eigenvalue weighted by Crippen LogP contribution is -2.45. The van der Waals surface area contributed by atoms with Crippen LogP contribution in [0.5, 0.6) is 0 Å². The molecule has 33 heavy (non-hydrogen) atoms. The summed E-state index contributed by atoms with van der Waals surface area (Å²) in [7, 11) is -4.93. The quantitative estimate of drug-likeness (QED) is 0.410. The van der Waals surface area contributed by atoms with E-state index >= 15 is 0 Å². The average Bonchev–Trinajstić information content (AvgIpc) is 2.69. The van der Waals surface area contributed by atoms with E-state index in [1.807, 2.05) is 0 Å². The van der Waals surface area contributed by atoms with Crippen molar-refractivity contribution in [2.24, 2.45) is 40.9 Å². The van der Waals surface area contributed by atoms with Crippen molar-refractivity contribution in [2.45, 2.75) is 96.3 Å². The minimum Gasteiger partial charge on any atom is -0.462 e. The molecule has 8 heteroatoms. The van der Waals surface area contributed by atoms with E-state index in [1.54, 1.807) is 6.92 Å². The van der Waals surface area contributed by atoms with Crippen LogP contribution in [0.15, 0.2) is 0 Å². The standard InChI is InChI=1S/C25H40O7S/c1-16-8-20-10-17(11-21(9-16)13-20)6-7-31-22(26)23(33(28,29)30)32-24(27)25(2)14-18-4-3-5-19(12-18)15-25/h16-21,23H,3-15H2,1-2H3,(H,28,29,30). The maximum atomic E-state index is 13.0. The molecule has 0 aromatic rings. The SMILES string of the molecule is CC1CC2CC(CCOC(=O)C(OC(=O)C3(C)CC4CCCC(C4)C3)S(=O)(=O)O)CC(C1)C2. The Hall–Kier alpha value is -1.15. The molecule has 0 aliphatic heterocycles. The molecule has 4 saturated carbocycles. The summed E-state index contributed by atoms with van der Waals surface area (Å²) in [4.78, 5) is 25.5. The molecular formula is C25H40O7S.